The quantitative estimate of drug-likeness (QED) is 0.335. The van der Waals surface area contributed by atoms with Crippen LogP contribution in [0.15, 0.2) is 11.6 Å². The summed E-state index contributed by atoms with van der Waals surface area (Å²) >= 11 is 5.50. The summed E-state index contributed by atoms with van der Waals surface area (Å²) in [5.41, 5.74) is 1.31. The molecule has 56 valence electrons. The van der Waals surface area contributed by atoms with Crippen LogP contribution in [0.1, 0.15) is 26.7 Å². The Morgan fingerprint density at radius 2 is 2.30 bits per heavy atom. The fourth-order valence-electron chi connectivity index (χ4n) is 0.601. The summed E-state index contributed by atoms with van der Waals surface area (Å²) in [6.45, 7) is 3.94. The van der Waals surface area contributed by atoms with Crippen molar-refractivity contribution in [2.45, 2.75) is 26.7 Å². The van der Waals surface area contributed by atoms with Crippen molar-refractivity contribution in [2.24, 2.45) is 0 Å². The lowest BCUT2D eigenvalue weighted by molar-refractivity contribution is 1.14. The molecule has 0 aliphatic rings. The number of rotatable bonds is 3. The molecule has 0 aromatic heterocycles. The molecular weight excluding hydrogens is 144 g/mol. The van der Waals surface area contributed by atoms with Crippen molar-refractivity contribution in [3.63, 3.8) is 0 Å². The summed E-state index contributed by atoms with van der Waals surface area (Å²) in [7, 11) is 0. The van der Waals surface area contributed by atoms with E-state index in [0.29, 0.717) is 5.88 Å². The first kappa shape index (κ1) is 9.59. The average Bonchev–Trinajstić information content (AvgIpc) is 1.97. The summed E-state index contributed by atoms with van der Waals surface area (Å²) in [5, 5.41) is 0. The number of allylic oxidation sites excluding steroid dienone is 2. The predicted molar refractivity (Wildman–Crippen MR) is 47.2 cm³/mol. The molecular formula is C9H13Cl. The van der Waals surface area contributed by atoms with Gasteiger partial charge in [0.05, 0.1) is 0 Å². The minimum absolute atomic E-state index is 0.705. The largest absolute Gasteiger partial charge is 0.126 e. The first-order chi connectivity index (χ1) is 4.81. The lowest BCUT2D eigenvalue weighted by Gasteiger charge is -1.90. The van der Waals surface area contributed by atoms with Crippen molar-refractivity contribution < 1.29 is 0 Å². The van der Waals surface area contributed by atoms with Crippen LogP contribution in [0.5, 0.6) is 0 Å². The molecule has 0 rings (SSSR count). The van der Waals surface area contributed by atoms with Gasteiger partial charge in [-0.3, -0.25) is 0 Å². The highest BCUT2D eigenvalue weighted by Crippen LogP contribution is 2.00. The molecule has 1 heteroatoms. The van der Waals surface area contributed by atoms with Gasteiger partial charge in [0.2, 0.25) is 0 Å². The maximum atomic E-state index is 5.50. The SMILES string of the molecule is CC#CCC(C)=CCCCl. The molecule has 0 fully saturated rings. The fraction of sp³-hybridized carbons (Fsp3) is 0.556. The van der Waals surface area contributed by atoms with Crippen molar-refractivity contribution >= 4 is 11.6 Å². The Bertz CT molecular complexity index is 157. The molecule has 0 heterocycles. The van der Waals surface area contributed by atoms with E-state index in [-0.39, 0.29) is 0 Å². The second-order valence-electron chi connectivity index (χ2n) is 2.13. The third-order valence-electron chi connectivity index (χ3n) is 1.15. The maximum absolute atomic E-state index is 5.50. The third-order valence-corrected chi connectivity index (χ3v) is 1.36. The van der Waals surface area contributed by atoms with Crippen LogP contribution in [0.4, 0.5) is 0 Å². The van der Waals surface area contributed by atoms with Crippen LogP contribution in [0.3, 0.4) is 0 Å². The van der Waals surface area contributed by atoms with Crippen molar-refractivity contribution in [2.75, 3.05) is 5.88 Å². The molecule has 0 nitrogen and oxygen atoms in total. The van der Waals surface area contributed by atoms with Crippen LogP contribution in [0, 0.1) is 11.8 Å². The highest BCUT2D eigenvalue weighted by molar-refractivity contribution is 6.17. The number of alkyl halides is 1. The van der Waals surface area contributed by atoms with Crippen LogP contribution in [-0.2, 0) is 0 Å². The Kier molecular flexibility index (Phi) is 6.43. The van der Waals surface area contributed by atoms with E-state index in [1.807, 2.05) is 6.92 Å². The van der Waals surface area contributed by atoms with E-state index in [4.69, 9.17) is 11.6 Å². The fourth-order valence-corrected chi connectivity index (χ4v) is 0.710. The zero-order chi connectivity index (χ0) is 7.82. The topological polar surface area (TPSA) is 0 Å². The van der Waals surface area contributed by atoms with E-state index in [2.05, 4.69) is 24.8 Å². The van der Waals surface area contributed by atoms with Crippen LogP contribution in [0.25, 0.3) is 0 Å². The van der Waals surface area contributed by atoms with E-state index in [0.717, 1.165) is 12.8 Å². The highest BCUT2D eigenvalue weighted by atomic mass is 35.5. The molecule has 0 aliphatic carbocycles. The van der Waals surface area contributed by atoms with Gasteiger partial charge >= 0.3 is 0 Å². The van der Waals surface area contributed by atoms with Gasteiger partial charge in [-0.25, -0.2) is 0 Å². The standard InChI is InChI=1S/C9H13Cl/c1-3-4-6-9(2)7-5-8-10/h7H,5-6,8H2,1-2H3. The normalized spacial score (nSPS) is 10.5. The van der Waals surface area contributed by atoms with Gasteiger partial charge in [0.25, 0.3) is 0 Å². The van der Waals surface area contributed by atoms with Crippen molar-refractivity contribution in [3.05, 3.63) is 11.6 Å². The Morgan fingerprint density at radius 3 is 2.80 bits per heavy atom. The van der Waals surface area contributed by atoms with Crippen LogP contribution in [-0.4, -0.2) is 5.88 Å². The van der Waals surface area contributed by atoms with Crippen LogP contribution < -0.4 is 0 Å². The zero-order valence-electron chi connectivity index (χ0n) is 6.58. The van der Waals surface area contributed by atoms with E-state index >= 15 is 0 Å². The predicted octanol–water partition coefficient (Wildman–Crippen LogP) is 2.98. The maximum Gasteiger partial charge on any atom is 0.0296 e. The third kappa shape index (κ3) is 5.72. The van der Waals surface area contributed by atoms with Crippen molar-refractivity contribution in [1.82, 2.24) is 0 Å². The average molecular weight is 157 g/mol. The molecule has 0 amide bonds. The summed E-state index contributed by atoms with van der Waals surface area (Å²) in [4.78, 5) is 0. The number of halogens is 1. The van der Waals surface area contributed by atoms with Crippen LogP contribution >= 0.6 is 11.6 Å². The second-order valence-corrected chi connectivity index (χ2v) is 2.51. The summed E-state index contributed by atoms with van der Waals surface area (Å²) in [6.07, 6.45) is 3.98. The van der Waals surface area contributed by atoms with Gasteiger partial charge in [-0.1, -0.05) is 17.6 Å². The molecule has 0 aromatic carbocycles. The molecule has 0 unspecified atom stereocenters. The lowest BCUT2D eigenvalue weighted by Crippen LogP contribution is -1.75. The lowest BCUT2D eigenvalue weighted by atomic mass is 10.2. The van der Waals surface area contributed by atoms with Crippen molar-refractivity contribution in [3.8, 4) is 11.8 Å². The molecule has 0 saturated heterocycles. The molecule has 0 saturated carbocycles. The minimum Gasteiger partial charge on any atom is -0.126 e. The van der Waals surface area contributed by atoms with Gasteiger partial charge in [0, 0.05) is 12.3 Å². The molecule has 0 aliphatic heterocycles. The molecule has 10 heavy (non-hydrogen) atoms. The summed E-state index contributed by atoms with van der Waals surface area (Å²) in [6, 6.07) is 0. The minimum atomic E-state index is 0.705. The highest BCUT2D eigenvalue weighted by Gasteiger charge is 1.83. The number of hydrogen-bond acceptors (Lipinski definition) is 0. The first-order valence-electron chi connectivity index (χ1n) is 3.42. The molecule has 0 radical (unpaired) electrons. The van der Waals surface area contributed by atoms with E-state index < -0.39 is 0 Å². The molecule has 0 bridgehead atoms. The zero-order valence-corrected chi connectivity index (χ0v) is 7.33. The Morgan fingerprint density at radius 1 is 1.60 bits per heavy atom. The Labute approximate surface area is 68.3 Å². The Balaban J connectivity index is 3.56. The molecule has 0 spiro atoms. The second kappa shape index (κ2) is 6.71. The molecule has 0 aromatic rings. The summed E-state index contributed by atoms with van der Waals surface area (Å²) < 4.78 is 0. The van der Waals surface area contributed by atoms with Crippen LogP contribution in [0.2, 0.25) is 0 Å². The van der Waals surface area contributed by atoms with Gasteiger partial charge in [-0.05, 0) is 20.3 Å². The smallest absolute Gasteiger partial charge is 0.0296 e. The van der Waals surface area contributed by atoms with Gasteiger partial charge in [0.1, 0.15) is 0 Å². The van der Waals surface area contributed by atoms with Gasteiger partial charge in [-0.2, -0.15) is 0 Å². The van der Waals surface area contributed by atoms with E-state index in [1.165, 1.54) is 5.57 Å². The van der Waals surface area contributed by atoms with Gasteiger partial charge in [0.15, 0.2) is 0 Å². The Hall–Kier alpha value is -0.410. The van der Waals surface area contributed by atoms with Gasteiger partial charge < -0.3 is 0 Å². The molecule has 0 N–H and O–H groups in total. The van der Waals surface area contributed by atoms with E-state index in [9.17, 15) is 0 Å². The number of hydrogen-bond donors (Lipinski definition) is 0. The monoisotopic (exact) mass is 156 g/mol. The summed E-state index contributed by atoms with van der Waals surface area (Å²) in [5.74, 6) is 6.55. The van der Waals surface area contributed by atoms with Crippen molar-refractivity contribution in [1.29, 1.82) is 0 Å². The first-order valence-corrected chi connectivity index (χ1v) is 3.96. The van der Waals surface area contributed by atoms with Gasteiger partial charge in [-0.15, -0.1) is 17.5 Å². The van der Waals surface area contributed by atoms with E-state index in [1.54, 1.807) is 0 Å². The molecule has 0 atom stereocenters.